The van der Waals surface area contributed by atoms with Crippen LogP contribution in [0, 0.1) is 0 Å². The van der Waals surface area contributed by atoms with E-state index in [1.807, 2.05) is 19.9 Å². The first kappa shape index (κ1) is 21.0. The van der Waals surface area contributed by atoms with Gasteiger partial charge in [-0.2, -0.15) is 0 Å². The molecule has 1 aliphatic rings. The summed E-state index contributed by atoms with van der Waals surface area (Å²) in [6.07, 6.45) is 4.46. The topological polar surface area (TPSA) is 60.4 Å². The van der Waals surface area contributed by atoms with E-state index in [0.717, 1.165) is 31.2 Å². The van der Waals surface area contributed by atoms with Crippen molar-refractivity contribution in [1.29, 1.82) is 0 Å². The first-order valence-corrected chi connectivity index (χ1v) is 10.3. The molecule has 0 atom stereocenters. The lowest BCUT2D eigenvalue weighted by Gasteiger charge is -2.26. The van der Waals surface area contributed by atoms with Crippen molar-refractivity contribution < 1.29 is 19.1 Å². The van der Waals surface area contributed by atoms with Crippen molar-refractivity contribution in [2.75, 3.05) is 6.61 Å². The highest BCUT2D eigenvalue weighted by molar-refractivity contribution is 6.28. The standard InChI is InChI=1S/C25H28O4/c1-4-5-6-9-14-29-22(26)16-25(2,3)17-12-13-20-21(15-17)24(28)19-11-8-7-10-18(19)23(20)27/h7-8,10-13,15H,4-6,9,14,16H2,1-3H3. The highest BCUT2D eigenvalue weighted by Gasteiger charge is 2.32. The molecule has 3 rings (SSSR count). The van der Waals surface area contributed by atoms with Crippen LogP contribution in [0.4, 0.5) is 0 Å². The third kappa shape index (κ3) is 4.47. The van der Waals surface area contributed by atoms with E-state index in [-0.39, 0.29) is 24.0 Å². The summed E-state index contributed by atoms with van der Waals surface area (Å²) in [6, 6.07) is 12.2. The molecule has 0 radical (unpaired) electrons. The number of rotatable bonds is 8. The number of fused-ring (bicyclic) bond motifs is 2. The second kappa shape index (κ2) is 8.73. The van der Waals surface area contributed by atoms with Crippen LogP contribution < -0.4 is 0 Å². The van der Waals surface area contributed by atoms with Crippen molar-refractivity contribution in [2.45, 2.75) is 58.3 Å². The maximum atomic E-state index is 12.9. The van der Waals surface area contributed by atoms with Crippen LogP contribution >= 0.6 is 0 Å². The number of benzene rings is 2. The van der Waals surface area contributed by atoms with E-state index in [2.05, 4.69) is 6.92 Å². The lowest BCUT2D eigenvalue weighted by atomic mass is 9.77. The van der Waals surface area contributed by atoms with Crippen LogP contribution in [-0.4, -0.2) is 24.1 Å². The quantitative estimate of drug-likeness (QED) is 0.388. The SMILES string of the molecule is CCCCCCOC(=O)CC(C)(C)c1ccc2c(c1)C(=O)c1ccccc1C2=O. The predicted molar refractivity (Wildman–Crippen MR) is 112 cm³/mol. The monoisotopic (exact) mass is 392 g/mol. The van der Waals surface area contributed by atoms with Crippen LogP contribution in [0.2, 0.25) is 0 Å². The molecule has 29 heavy (non-hydrogen) atoms. The Labute approximate surface area is 172 Å². The zero-order valence-corrected chi connectivity index (χ0v) is 17.4. The highest BCUT2D eigenvalue weighted by atomic mass is 16.5. The minimum absolute atomic E-state index is 0.133. The molecule has 0 aromatic heterocycles. The number of unbranched alkanes of at least 4 members (excludes halogenated alkanes) is 3. The van der Waals surface area contributed by atoms with Crippen molar-refractivity contribution in [3.05, 3.63) is 70.3 Å². The van der Waals surface area contributed by atoms with E-state index in [0.29, 0.717) is 28.9 Å². The molecule has 0 bridgehead atoms. The Morgan fingerprint density at radius 3 is 2.14 bits per heavy atom. The molecule has 0 saturated heterocycles. The maximum absolute atomic E-state index is 12.9. The molecule has 0 spiro atoms. The number of ether oxygens (including phenoxy) is 1. The van der Waals surface area contributed by atoms with Gasteiger partial charge < -0.3 is 4.74 Å². The van der Waals surface area contributed by atoms with E-state index in [1.54, 1.807) is 36.4 Å². The molecule has 0 unspecified atom stereocenters. The van der Waals surface area contributed by atoms with E-state index in [1.165, 1.54) is 0 Å². The summed E-state index contributed by atoms with van der Waals surface area (Å²) in [5.74, 6) is -0.519. The minimum Gasteiger partial charge on any atom is -0.466 e. The molecule has 0 aliphatic heterocycles. The Hall–Kier alpha value is -2.75. The third-order valence-electron chi connectivity index (χ3n) is 5.55. The Bertz CT molecular complexity index is 940. The van der Waals surface area contributed by atoms with Gasteiger partial charge in [0, 0.05) is 27.7 Å². The van der Waals surface area contributed by atoms with Gasteiger partial charge in [-0.3, -0.25) is 14.4 Å². The summed E-state index contributed by atoms with van der Waals surface area (Å²) in [7, 11) is 0. The summed E-state index contributed by atoms with van der Waals surface area (Å²) in [4.78, 5) is 38.0. The largest absolute Gasteiger partial charge is 0.466 e. The van der Waals surface area contributed by atoms with Crippen LogP contribution in [0.15, 0.2) is 42.5 Å². The summed E-state index contributed by atoms with van der Waals surface area (Å²) in [6.45, 7) is 6.50. The zero-order chi connectivity index (χ0) is 21.0. The smallest absolute Gasteiger partial charge is 0.306 e. The molecule has 1 aliphatic carbocycles. The second-order valence-corrected chi connectivity index (χ2v) is 8.31. The fourth-order valence-electron chi connectivity index (χ4n) is 3.75. The minimum atomic E-state index is -0.504. The normalized spacial score (nSPS) is 13.1. The number of esters is 1. The molecule has 0 heterocycles. The molecule has 4 heteroatoms. The summed E-state index contributed by atoms with van der Waals surface area (Å²) < 4.78 is 5.38. The van der Waals surface area contributed by atoms with E-state index < -0.39 is 5.41 Å². The Balaban J connectivity index is 1.75. The van der Waals surface area contributed by atoms with Crippen molar-refractivity contribution >= 4 is 17.5 Å². The molecular weight excluding hydrogens is 364 g/mol. The lowest BCUT2D eigenvalue weighted by molar-refractivity contribution is -0.145. The van der Waals surface area contributed by atoms with Gasteiger partial charge in [0.1, 0.15) is 0 Å². The molecular formula is C25H28O4. The van der Waals surface area contributed by atoms with Gasteiger partial charge in [-0.05, 0) is 24.1 Å². The second-order valence-electron chi connectivity index (χ2n) is 8.31. The van der Waals surface area contributed by atoms with Gasteiger partial charge in [0.05, 0.1) is 13.0 Å². The molecule has 0 N–H and O–H groups in total. The van der Waals surface area contributed by atoms with Gasteiger partial charge in [-0.25, -0.2) is 0 Å². The molecule has 2 aromatic rings. The average Bonchev–Trinajstić information content (AvgIpc) is 2.71. The fraction of sp³-hybridized carbons (Fsp3) is 0.400. The van der Waals surface area contributed by atoms with Crippen LogP contribution in [0.25, 0.3) is 0 Å². The van der Waals surface area contributed by atoms with Gasteiger partial charge in [0.25, 0.3) is 0 Å². The Morgan fingerprint density at radius 2 is 1.48 bits per heavy atom. The summed E-state index contributed by atoms with van der Waals surface area (Å²) in [5.41, 5.74) is 2.06. The van der Waals surface area contributed by atoms with E-state index in [4.69, 9.17) is 4.74 Å². The lowest BCUT2D eigenvalue weighted by Crippen LogP contribution is -2.26. The number of carbonyl (C=O) groups excluding carboxylic acids is 3. The Kier molecular flexibility index (Phi) is 6.31. The fourth-order valence-corrected chi connectivity index (χ4v) is 3.75. The van der Waals surface area contributed by atoms with Crippen LogP contribution in [-0.2, 0) is 14.9 Å². The first-order valence-electron chi connectivity index (χ1n) is 10.3. The zero-order valence-electron chi connectivity index (χ0n) is 17.4. The van der Waals surface area contributed by atoms with Crippen molar-refractivity contribution in [3.8, 4) is 0 Å². The third-order valence-corrected chi connectivity index (χ3v) is 5.55. The van der Waals surface area contributed by atoms with Crippen molar-refractivity contribution in [2.24, 2.45) is 0 Å². The van der Waals surface area contributed by atoms with Gasteiger partial charge in [0.15, 0.2) is 11.6 Å². The van der Waals surface area contributed by atoms with Crippen molar-refractivity contribution in [1.82, 2.24) is 0 Å². The van der Waals surface area contributed by atoms with E-state index in [9.17, 15) is 14.4 Å². The van der Waals surface area contributed by atoms with E-state index >= 15 is 0 Å². The number of carbonyl (C=O) groups is 3. The Morgan fingerprint density at radius 1 is 0.862 bits per heavy atom. The highest BCUT2D eigenvalue weighted by Crippen LogP contribution is 2.33. The molecule has 152 valence electrons. The summed E-state index contributed by atoms with van der Waals surface area (Å²) in [5, 5.41) is 0. The van der Waals surface area contributed by atoms with Crippen LogP contribution in [0.3, 0.4) is 0 Å². The number of hydrogen-bond acceptors (Lipinski definition) is 4. The van der Waals surface area contributed by atoms with Gasteiger partial charge in [0.2, 0.25) is 0 Å². The molecule has 2 aromatic carbocycles. The average molecular weight is 392 g/mol. The summed E-state index contributed by atoms with van der Waals surface area (Å²) >= 11 is 0. The van der Waals surface area contributed by atoms with Crippen LogP contribution in [0.1, 0.15) is 90.3 Å². The van der Waals surface area contributed by atoms with Gasteiger partial charge in [-0.15, -0.1) is 0 Å². The number of ketones is 2. The van der Waals surface area contributed by atoms with Crippen molar-refractivity contribution in [3.63, 3.8) is 0 Å². The number of hydrogen-bond donors (Lipinski definition) is 0. The van der Waals surface area contributed by atoms with Gasteiger partial charge >= 0.3 is 5.97 Å². The predicted octanol–water partition coefficient (Wildman–Crippen LogP) is 5.25. The molecule has 0 fully saturated rings. The van der Waals surface area contributed by atoms with Crippen LogP contribution in [0.5, 0.6) is 0 Å². The maximum Gasteiger partial charge on any atom is 0.306 e. The molecule has 0 saturated carbocycles. The van der Waals surface area contributed by atoms with Gasteiger partial charge in [-0.1, -0.05) is 70.4 Å². The first-order chi connectivity index (χ1) is 13.8. The molecule has 4 nitrogen and oxygen atoms in total. The molecule has 0 amide bonds.